The SMILES string of the molecule is O=C(C=Cc1ccc(-c2ccccc2)cc1)NCc1ccc(C(=O)NCc2ccccc2)cc1. The number of hydrogen-bond donors (Lipinski definition) is 2. The van der Waals surface area contributed by atoms with E-state index in [0.717, 1.165) is 27.8 Å². The van der Waals surface area contributed by atoms with Crippen LogP contribution in [0.2, 0.25) is 0 Å². The summed E-state index contributed by atoms with van der Waals surface area (Å²) in [4.78, 5) is 24.5. The van der Waals surface area contributed by atoms with Crippen LogP contribution in [0.3, 0.4) is 0 Å². The van der Waals surface area contributed by atoms with Crippen LogP contribution in [-0.2, 0) is 17.9 Å². The van der Waals surface area contributed by atoms with Gasteiger partial charge >= 0.3 is 0 Å². The number of hydrogen-bond acceptors (Lipinski definition) is 2. The second kappa shape index (κ2) is 11.4. The number of amides is 2. The molecule has 0 aliphatic heterocycles. The Hall–Kier alpha value is -4.44. The van der Waals surface area contributed by atoms with Crippen LogP contribution in [0.5, 0.6) is 0 Å². The molecular formula is C30H26N2O2. The van der Waals surface area contributed by atoms with E-state index in [1.54, 1.807) is 18.2 Å². The first-order valence-electron chi connectivity index (χ1n) is 11.2. The van der Waals surface area contributed by atoms with Gasteiger partial charge in [0.05, 0.1) is 0 Å². The van der Waals surface area contributed by atoms with Crippen LogP contribution in [0.25, 0.3) is 17.2 Å². The fourth-order valence-corrected chi connectivity index (χ4v) is 3.49. The molecule has 4 heteroatoms. The average molecular weight is 447 g/mol. The van der Waals surface area contributed by atoms with Gasteiger partial charge < -0.3 is 10.6 Å². The first-order chi connectivity index (χ1) is 16.7. The molecule has 0 atom stereocenters. The second-order valence-electron chi connectivity index (χ2n) is 7.90. The topological polar surface area (TPSA) is 58.2 Å². The Bertz CT molecular complexity index is 1250. The van der Waals surface area contributed by atoms with Gasteiger partial charge in [-0.1, -0.05) is 97.1 Å². The Morgan fingerprint density at radius 2 is 1.15 bits per heavy atom. The third-order valence-electron chi connectivity index (χ3n) is 5.42. The first kappa shape index (κ1) is 22.7. The zero-order chi connectivity index (χ0) is 23.6. The van der Waals surface area contributed by atoms with E-state index < -0.39 is 0 Å². The number of benzene rings is 4. The third-order valence-corrected chi connectivity index (χ3v) is 5.42. The molecule has 0 radical (unpaired) electrons. The summed E-state index contributed by atoms with van der Waals surface area (Å²) in [6, 6.07) is 35.3. The van der Waals surface area contributed by atoms with Crippen molar-refractivity contribution in [1.29, 1.82) is 0 Å². The van der Waals surface area contributed by atoms with Crippen molar-refractivity contribution in [3.63, 3.8) is 0 Å². The number of carbonyl (C=O) groups excluding carboxylic acids is 2. The normalized spacial score (nSPS) is 10.7. The summed E-state index contributed by atoms with van der Waals surface area (Å²) in [5.74, 6) is -0.294. The Morgan fingerprint density at radius 3 is 1.82 bits per heavy atom. The van der Waals surface area contributed by atoms with Crippen molar-refractivity contribution in [3.05, 3.63) is 138 Å². The van der Waals surface area contributed by atoms with Crippen molar-refractivity contribution in [2.75, 3.05) is 0 Å². The van der Waals surface area contributed by atoms with Crippen LogP contribution in [0.4, 0.5) is 0 Å². The van der Waals surface area contributed by atoms with Gasteiger partial charge in [-0.05, 0) is 46.0 Å². The molecule has 4 rings (SSSR count). The van der Waals surface area contributed by atoms with E-state index >= 15 is 0 Å². The smallest absolute Gasteiger partial charge is 0.251 e. The van der Waals surface area contributed by atoms with Crippen LogP contribution in [0, 0.1) is 0 Å². The Morgan fingerprint density at radius 1 is 0.588 bits per heavy atom. The monoisotopic (exact) mass is 446 g/mol. The zero-order valence-corrected chi connectivity index (χ0v) is 18.8. The summed E-state index contributed by atoms with van der Waals surface area (Å²) in [5, 5.41) is 5.79. The standard InChI is InChI=1S/C30H26N2O2/c33-29(20-15-23-11-16-27(17-12-23)26-9-5-2-6-10-26)31-21-25-13-18-28(19-14-25)30(34)32-22-24-7-3-1-4-8-24/h1-20H,21-22H2,(H,31,33)(H,32,34). The van der Waals surface area contributed by atoms with Crippen molar-refractivity contribution in [2.45, 2.75) is 13.1 Å². The molecule has 4 aromatic carbocycles. The quantitative estimate of drug-likeness (QED) is 0.346. The molecule has 0 saturated heterocycles. The fraction of sp³-hybridized carbons (Fsp3) is 0.0667. The minimum atomic E-state index is -0.170. The van der Waals surface area contributed by atoms with E-state index in [1.807, 2.05) is 84.9 Å². The van der Waals surface area contributed by atoms with Crippen LogP contribution in [0.15, 0.2) is 115 Å². The average Bonchev–Trinajstić information content (AvgIpc) is 2.91. The Balaban J connectivity index is 1.24. The highest BCUT2D eigenvalue weighted by molar-refractivity contribution is 5.94. The molecule has 0 bridgehead atoms. The lowest BCUT2D eigenvalue weighted by molar-refractivity contribution is -0.116. The maximum absolute atomic E-state index is 12.3. The van der Waals surface area contributed by atoms with Crippen LogP contribution in [-0.4, -0.2) is 11.8 Å². The molecular weight excluding hydrogens is 420 g/mol. The van der Waals surface area contributed by atoms with Gasteiger partial charge in [0.15, 0.2) is 0 Å². The molecule has 0 fully saturated rings. The molecule has 168 valence electrons. The summed E-state index contributed by atoms with van der Waals surface area (Å²) in [5.41, 5.74) is 5.82. The number of carbonyl (C=O) groups is 2. The Kier molecular flexibility index (Phi) is 7.65. The van der Waals surface area contributed by atoms with Gasteiger partial charge in [0.1, 0.15) is 0 Å². The third kappa shape index (κ3) is 6.53. The zero-order valence-electron chi connectivity index (χ0n) is 18.8. The van der Waals surface area contributed by atoms with Gasteiger partial charge in [-0.3, -0.25) is 9.59 Å². The Labute approximate surface area is 200 Å². The maximum atomic E-state index is 12.3. The van der Waals surface area contributed by atoms with Crippen molar-refractivity contribution >= 4 is 17.9 Å². The van der Waals surface area contributed by atoms with E-state index in [1.165, 1.54) is 6.08 Å². The highest BCUT2D eigenvalue weighted by atomic mass is 16.2. The predicted octanol–water partition coefficient (Wildman–Crippen LogP) is 5.61. The van der Waals surface area contributed by atoms with Gasteiger partial charge in [-0.2, -0.15) is 0 Å². The molecule has 2 N–H and O–H groups in total. The van der Waals surface area contributed by atoms with Gasteiger partial charge in [0, 0.05) is 24.7 Å². The van der Waals surface area contributed by atoms with E-state index in [2.05, 4.69) is 22.8 Å². The molecule has 4 aromatic rings. The van der Waals surface area contributed by atoms with Gasteiger partial charge in [-0.25, -0.2) is 0 Å². The molecule has 34 heavy (non-hydrogen) atoms. The molecule has 0 aliphatic carbocycles. The predicted molar refractivity (Wildman–Crippen MR) is 137 cm³/mol. The summed E-state index contributed by atoms with van der Waals surface area (Å²) in [6.45, 7) is 0.876. The summed E-state index contributed by atoms with van der Waals surface area (Å²) < 4.78 is 0. The minimum Gasteiger partial charge on any atom is -0.348 e. The molecule has 2 amide bonds. The van der Waals surface area contributed by atoms with Gasteiger partial charge in [0.2, 0.25) is 5.91 Å². The lowest BCUT2D eigenvalue weighted by Crippen LogP contribution is -2.23. The largest absolute Gasteiger partial charge is 0.348 e. The van der Waals surface area contributed by atoms with Crippen LogP contribution < -0.4 is 10.6 Å². The van der Waals surface area contributed by atoms with E-state index in [-0.39, 0.29) is 11.8 Å². The lowest BCUT2D eigenvalue weighted by atomic mass is 10.0. The molecule has 0 spiro atoms. The molecule has 0 aromatic heterocycles. The minimum absolute atomic E-state index is 0.124. The van der Waals surface area contributed by atoms with Gasteiger partial charge in [-0.15, -0.1) is 0 Å². The molecule has 0 unspecified atom stereocenters. The second-order valence-corrected chi connectivity index (χ2v) is 7.90. The highest BCUT2D eigenvalue weighted by Gasteiger charge is 2.05. The molecule has 4 nitrogen and oxygen atoms in total. The molecule has 0 saturated carbocycles. The number of nitrogens with one attached hydrogen (secondary N) is 2. The number of rotatable bonds is 8. The van der Waals surface area contributed by atoms with Crippen molar-refractivity contribution in [1.82, 2.24) is 10.6 Å². The summed E-state index contributed by atoms with van der Waals surface area (Å²) in [6.07, 6.45) is 3.33. The molecule has 0 aliphatic rings. The van der Waals surface area contributed by atoms with Gasteiger partial charge in [0.25, 0.3) is 5.91 Å². The summed E-state index contributed by atoms with van der Waals surface area (Å²) in [7, 11) is 0. The highest BCUT2D eigenvalue weighted by Crippen LogP contribution is 2.19. The maximum Gasteiger partial charge on any atom is 0.251 e. The van der Waals surface area contributed by atoms with Crippen molar-refractivity contribution in [3.8, 4) is 11.1 Å². The lowest BCUT2D eigenvalue weighted by Gasteiger charge is -2.07. The molecule has 0 heterocycles. The van der Waals surface area contributed by atoms with E-state index in [9.17, 15) is 9.59 Å². The van der Waals surface area contributed by atoms with Crippen LogP contribution >= 0.6 is 0 Å². The van der Waals surface area contributed by atoms with E-state index in [0.29, 0.717) is 18.7 Å². The first-order valence-corrected chi connectivity index (χ1v) is 11.2. The van der Waals surface area contributed by atoms with Crippen LogP contribution in [0.1, 0.15) is 27.0 Å². The fourth-order valence-electron chi connectivity index (χ4n) is 3.49. The summed E-state index contributed by atoms with van der Waals surface area (Å²) >= 11 is 0. The van der Waals surface area contributed by atoms with Crippen molar-refractivity contribution in [2.24, 2.45) is 0 Å². The van der Waals surface area contributed by atoms with Crippen molar-refractivity contribution < 1.29 is 9.59 Å². The van der Waals surface area contributed by atoms with E-state index in [4.69, 9.17) is 0 Å².